The van der Waals surface area contributed by atoms with Crippen molar-refractivity contribution < 1.29 is 19.0 Å². The van der Waals surface area contributed by atoms with Crippen molar-refractivity contribution in [2.24, 2.45) is 0 Å². The molecule has 10 heteroatoms. The van der Waals surface area contributed by atoms with Crippen LogP contribution in [0.5, 0.6) is 0 Å². The number of terminal acetylenes is 1. The van der Waals surface area contributed by atoms with E-state index in [0.717, 1.165) is 48.1 Å². The number of methoxy groups -OCH3 is 2. The topological polar surface area (TPSA) is 88.2 Å². The maximum atomic E-state index is 13.4. The second kappa shape index (κ2) is 12.5. The van der Waals surface area contributed by atoms with Crippen LogP contribution in [0.4, 0.5) is 10.8 Å². The van der Waals surface area contributed by atoms with Gasteiger partial charge >= 0.3 is 0 Å². The Bertz CT molecular complexity index is 1230. The molecule has 0 spiro atoms. The van der Waals surface area contributed by atoms with E-state index < -0.39 is 11.1 Å². The van der Waals surface area contributed by atoms with E-state index in [0.29, 0.717) is 38.5 Å². The zero-order valence-corrected chi connectivity index (χ0v) is 25.5. The first-order valence-electron chi connectivity index (χ1n) is 13.8. The molecule has 2 aliphatic rings. The summed E-state index contributed by atoms with van der Waals surface area (Å²) in [6.07, 6.45) is 6.84. The van der Waals surface area contributed by atoms with Gasteiger partial charge in [0.1, 0.15) is 5.54 Å². The van der Waals surface area contributed by atoms with Gasteiger partial charge in [-0.2, -0.15) is 0 Å². The molecule has 3 heterocycles. The highest BCUT2D eigenvalue weighted by Crippen LogP contribution is 2.35. The highest BCUT2D eigenvalue weighted by atomic mass is 32.1. The van der Waals surface area contributed by atoms with Gasteiger partial charge in [0.25, 0.3) is 5.91 Å². The zero-order chi connectivity index (χ0) is 29.0. The van der Waals surface area contributed by atoms with Gasteiger partial charge in [-0.05, 0) is 51.8 Å². The number of thiazole rings is 1. The molecule has 2 aliphatic heterocycles. The van der Waals surface area contributed by atoms with Gasteiger partial charge in [0.05, 0.1) is 42.2 Å². The lowest BCUT2D eigenvalue weighted by Gasteiger charge is -2.41. The van der Waals surface area contributed by atoms with Gasteiger partial charge in [0.15, 0.2) is 5.13 Å². The second-order valence-corrected chi connectivity index (χ2v) is 12.4. The van der Waals surface area contributed by atoms with Gasteiger partial charge in [-0.15, -0.1) is 17.8 Å². The standard InChI is InChI=1S/C30H43N5O4S/c1-8-29(4)21-39-16-14-35(29)18-22-9-10-24(23(17-22)26(36)31-12-15-37-6)33-28(2,3)25-19-40-27(32-25)34-13-11-30(5,20-34)38-7/h1,9-10,17,19,33H,11-16,18,20-21H2,2-7H3,(H,31,36). The van der Waals surface area contributed by atoms with Crippen LogP contribution in [0, 0.1) is 12.3 Å². The fourth-order valence-electron chi connectivity index (χ4n) is 5.10. The Kier molecular flexibility index (Phi) is 9.43. The molecule has 1 amide bonds. The predicted molar refractivity (Wildman–Crippen MR) is 160 cm³/mol. The van der Waals surface area contributed by atoms with Gasteiger partial charge in [-0.25, -0.2) is 4.98 Å². The molecular formula is C30H43N5O4S. The van der Waals surface area contributed by atoms with Crippen molar-refractivity contribution in [3.63, 3.8) is 0 Å². The monoisotopic (exact) mass is 569 g/mol. The summed E-state index contributed by atoms with van der Waals surface area (Å²) in [4.78, 5) is 22.9. The molecule has 0 radical (unpaired) electrons. The molecule has 1 aromatic heterocycles. The summed E-state index contributed by atoms with van der Waals surface area (Å²) < 4.78 is 16.5. The highest BCUT2D eigenvalue weighted by Gasteiger charge is 2.36. The SMILES string of the molecule is C#CC1(C)COCCN1Cc1ccc(NC(C)(C)c2csc(N3CCC(C)(OC)C3)n2)c(C(=O)NCCOC)c1. The largest absolute Gasteiger partial charge is 0.383 e. The highest BCUT2D eigenvalue weighted by molar-refractivity contribution is 7.13. The Balaban J connectivity index is 1.56. The van der Waals surface area contributed by atoms with E-state index in [1.807, 2.05) is 19.1 Å². The average molecular weight is 570 g/mol. The van der Waals surface area contributed by atoms with Crippen molar-refractivity contribution in [1.82, 2.24) is 15.2 Å². The first kappa shape index (κ1) is 30.3. The predicted octanol–water partition coefficient (Wildman–Crippen LogP) is 3.71. The molecule has 1 aromatic carbocycles. The average Bonchev–Trinajstić information content (AvgIpc) is 3.59. The lowest BCUT2D eigenvalue weighted by atomic mass is 9.97. The number of anilines is 2. The van der Waals surface area contributed by atoms with E-state index in [9.17, 15) is 4.79 Å². The summed E-state index contributed by atoms with van der Waals surface area (Å²) in [5.74, 6) is 2.73. The van der Waals surface area contributed by atoms with Gasteiger partial charge in [-0.3, -0.25) is 9.69 Å². The molecule has 4 rings (SSSR count). The minimum absolute atomic E-state index is 0.148. The van der Waals surface area contributed by atoms with Crippen LogP contribution in [0.1, 0.15) is 55.7 Å². The molecule has 9 nitrogen and oxygen atoms in total. The molecule has 2 saturated heterocycles. The maximum absolute atomic E-state index is 13.4. The van der Waals surface area contributed by atoms with Crippen LogP contribution in [0.2, 0.25) is 0 Å². The van der Waals surface area contributed by atoms with Crippen LogP contribution in [-0.2, 0) is 26.3 Å². The third-order valence-corrected chi connectivity index (χ3v) is 8.87. The third-order valence-electron chi connectivity index (χ3n) is 7.97. The zero-order valence-electron chi connectivity index (χ0n) is 24.6. The second-order valence-electron chi connectivity index (χ2n) is 11.6. The number of ether oxygens (including phenoxy) is 3. The van der Waals surface area contributed by atoms with Gasteiger partial charge < -0.3 is 29.7 Å². The summed E-state index contributed by atoms with van der Waals surface area (Å²) in [5.41, 5.74) is 2.09. The van der Waals surface area contributed by atoms with Gasteiger partial charge in [0.2, 0.25) is 0 Å². The van der Waals surface area contributed by atoms with Crippen LogP contribution in [0.15, 0.2) is 23.6 Å². The molecule has 0 saturated carbocycles. The number of hydrogen-bond acceptors (Lipinski definition) is 9. The number of amides is 1. The van der Waals surface area contributed by atoms with Crippen molar-refractivity contribution >= 4 is 28.1 Å². The van der Waals surface area contributed by atoms with Gasteiger partial charge in [0, 0.05) is 58.0 Å². The van der Waals surface area contributed by atoms with Gasteiger partial charge in [-0.1, -0.05) is 12.0 Å². The van der Waals surface area contributed by atoms with E-state index >= 15 is 0 Å². The van der Waals surface area contributed by atoms with E-state index in [-0.39, 0.29) is 11.5 Å². The fourth-order valence-corrected chi connectivity index (χ4v) is 6.12. The van der Waals surface area contributed by atoms with Crippen molar-refractivity contribution in [3.8, 4) is 12.3 Å². The molecule has 40 heavy (non-hydrogen) atoms. The quantitative estimate of drug-likeness (QED) is 0.313. The minimum atomic E-state index is -0.519. The lowest BCUT2D eigenvalue weighted by Crippen LogP contribution is -2.53. The summed E-state index contributed by atoms with van der Waals surface area (Å²) in [7, 11) is 3.39. The molecule has 218 valence electrons. The van der Waals surface area contributed by atoms with Crippen molar-refractivity contribution in [1.29, 1.82) is 0 Å². The molecule has 2 atom stereocenters. The molecular weight excluding hydrogens is 526 g/mol. The molecule has 0 aliphatic carbocycles. The maximum Gasteiger partial charge on any atom is 0.253 e. The lowest BCUT2D eigenvalue weighted by molar-refractivity contribution is -0.0362. The van der Waals surface area contributed by atoms with Crippen LogP contribution in [-0.4, -0.2) is 87.2 Å². The molecule has 2 fully saturated rings. The number of nitrogens with zero attached hydrogens (tertiary/aromatic N) is 3. The van der Waals surface area contributed by atoms with Crippen LogP contribution < -0.4 is 15.5 Å². The van der Waals surface area contributed by atoms with Crippen molar-refractivity contribution in [3.05, 3.63) is 40.4 Å². The first-order chi connectivity index (χ1) is 19.0. The Morgan fingerprint density at radius 3 is 2.80 bits per heavy atom. The first-order valence-corrected chi connectivity index (χ1v) is 14.7. The fraction of sp³-hybridized carbons (Fsp3) is 0.600. The normalized spacial score (nSPS) is 23.7. The summed E-state index contributed by atoms with van der Waals surface area (Å²) in [6.45, 7) is 13.4. The molecule has 2 aromatic rings. The summed E-state index contributed by atoms with van der Waals surface area (Å²) in [6, 6.07) is 5.99. The number of rotatable bonds is 11. The van der Waals surface area contributed by atoms with Crippen LogP contribution in [0.25, 0.3) is 0 Å². The number of aromatic nitrogens is 1. The summed E-state index contributed by atoms with van der Waals surface area (Å²) in [5, 5.41) is 9.66. The van der Waals surface area contributed by atoms with E-state index in [1.54, 1.807) is 25.6 Å². The Morgan fingerprint density at radius 2 is 2.10 bits per heavy atom. The Labute approximate surface area is 242 Å². The van der Waals surface area contributed by atoms with E-state index in [1.165, 1.54) is 0 Å². The van der Waals surface area contributed by atoms with Crippen LogP contribution in [0.3, 0.4) is 0 Å². The number of carbonyl (C=O) groups is 1. The minimum Gasteiger partial charge on any atom is -0.383 e. The van der Waals surface area contributed by atoms with E-state index in [4.69, 9.17) is 25.6 Å². The van der Waals surface area contributed by atoms with E-state index in [2.05, 4.69) is 58.6 Å². The number of carbonyl (C=O) groups excluding carboxylic acids is 1. The molecule has 2 N–H and O–H groups in total. The Hall–Kier alpha value is -2.68. The third kappa shape index (κ3) is 6.78. The molecule has 2 unspecified atom stereocenters. The molecule has 0 bridgehead atoms. The number of benzene rings is 1. The number of hydrogen-bond donors (Lipinski definition) is 2. The Morgan fingerprint density at radius 1 is 1.30 bits per heavy atom. The van der Waals surface area contributed by atoms with Crippen molar-refractivity contribution in [2.75, 3.05) is 70.4 Å². The summed E-state index contributed by atoms with van der Waals surface area (Å²) >= 11 is 1.64. The number of morpholine rings is 1. The van der Waals surface area contributed by atoms with Crippen molar-refractivity contribution in [2.45, 2.75) is 57.3 Å². The number of nitrogens with one attached hydrogen (secondary N) is 2. The smallest absolute Gasteiger partial charge is 0.253 e. The van der Waals surface area contributed by atoms with Crippen LogP contribution >= 0.6 is 11.3 Å².